The van der Waals surface area contributed by atoms with Gasteiger partial charge in [0, 0.05) is 32.3 Å². The van der Waals surface area contributed by atoms with E-state index >= 15 is 0 Å². The molecule has 1 aromatic heterocycles. The molecule has 0 atom stereocenters. The largest absolute Gasteiger partial charge is 0.502 e. The van der Waals surface area contributed by atoms with Crippen molar-refractivity contribution < 1.29 is 23.8 Å². The van der Waals surface area contributed by atoms with Crippen molar-refractivity contribution in [3.8, 4) is 5.75 Å². The Morgan fingerprint density at radius 1 is 1.22 bits per heavy atom. The van der Waals surface area contributed by atoms with E-state index in [1.165, 1.54) is 16.9 Å². The van der Waals surface area contributed by atoms with Gasteiger partial charge in [-0.25, -0.2) is 8.78 Å². The highest BCUT2D eigenvalue weighted by Crippen LogP contribution is 2.40. The lowest BCUT2D eigenvalue weighted by Crippen LogP contribution is -2.70. The number of carbonyl (C=O) groups excluding carboxylic acids is 1. The molecular formula is C24H27F2N5O4S. The van der Waals surface area contributed by atoms with Crippen molar-refractivity contribution in [2.75, 3.05) is 18.6 Å². The molecule has 0 bridgehead atoms. The van der Waals surface area contributed by atoms with Crippen LogP contribution in [0.1, 0.15) is 54.2 Å². The third-order valence-electron chi connectivity index (χ3n) is 6.95. The summed E-state index contributed by atoms with van der Waals surface area (Å²) in [5, 5.41) is 38.6. The SMILES string of the molecule is CCN1C(=O)c2c(O)c(=O)c(C(=N)SC(=N)Cc3ccc(F)cc3F)cn2N(C)C12CCC(O)CC2. The number of amides is 1. The molecule has 2 heterocycles. The van der Waals surface area contributed by atoms with Gasteiger partial charge in [-0.3, -0.25) is 30.1 Å². The molecule has 4 rings (SSSR count). The van der Waals surface area contributed by atoms with Crippen molar-refractivity contribution in [2.45, 2.75) is 50.8 Å². The van der Waals surface area contributed by atoms with E-state index in [9.17, 15) is 28.6 Å². The van der Waals surface area contributed by atoms with Crippen LogP contribution in [0, 0.1) is 22.5 Å². The molecular weight excluding hydrogens is 492 g/mol. The van der Waals surface area contributed by atoms with Gasteiger partial charge in [-0.2, -0.15) is 0 Å². The second-order valence-electron chi connectivity index (χ2n) is 8.97. The number of halogens is 2. The number of benzene rings is 1. The number of thioether (sulfide) groups is 1. The number of nitrogens with zero attached hydrogens (tertiary/aromatic N) is 3. The molecule has 0 unspecified atom stereocenters. The topological polar surface area (TPSA) is 134 Å². The van der Waals surface area contributed by atoms with Gasteiger partial charge in [-0.05, 0) is 44.2 Å². The van der Waals surface area contributed by atoms with Gasteiger partial charge in [-0.1, -0.05) is 17.8 Å². The number of hydrogen-bond donors (Lipinski definition) is 4. The number of nitrogens with one attached hydrogen (secondary N) is 2. The van der Waals surface area contributed by atoms with Gasteiger partial charge in [0.05, 0.1) is 16.7 Å². The van der Waals surface area contributed by atoms with Crippen LogP contribution in [0.4, 0.5) is 8.78 Å². The minimum absolute atomic E-state index is 0.0677. The summed E-state index contributed by atoms with van der Waals surface area (Å²) < 4.78 is 28.5. The van der Waals surface area contributed by atoms with Crippen molar-refractivity contribution in [2.24, 2.45) is 0 Å². The van der Waals surface area contributed by atoms with E-state index < -0.39 is 40.5 Å². The van der Waals surface area contributed by atoms with Gasteiger partial charge in [-0.15, -0.1) is 0 Å². The van der Waals surface area contributed by atoms with Crippen LogP contribution in [0.2, 0.25) is 0 Å². The highest BCUT2D eigenvalue weighted by molar-refractivity contribution is 8.26. The van der Waals surface area contributed by atoms with Crippen LogP contribution in [0.3, 0.4) is 0 Å². The van der Waals surface area contributed by atoms with Crippen molar-refractivity contribution in [3.63, 3.8) is 0 Å². The van der Waals surface area contributed by atoms with Gasteiger partial charge < -0.3 is 15.1 Å². The average molecular weight is 520 g/mol. The molecule has 0 radical (unpaired) electrons. The summed E-state index contributed by atoms with van der Waals surface area (Å²) >= 11 is 0.603. The zero-order chi connectivity index (χ0) is 26.4. The Balaban J connectivity index is 1.67. The molecule has 1 fully saturated rings. The number of fused-ring (bicyclic) bond motifs is 1. The molecule has 0 saturated heterocycles. The number of aromatic nitrogens is 1. The summed E-state index contributed by atoms with van der Waals surface area (Å²) in [6, 6.07) is 2.99. The number of carbonyl (C=O) groups is 1. The van der Waals surface area contributed by atoms with E-state index in [0.29, 0.717) is 50.1 Å². The molecule has 1 amide bonds. The fourth-order valence-electron chi connectivity index (χ4n) is 5.03. The molecule has 1 aromatic carbocycles. The van der Waals surface area contributed by atoms with Crippen LogP contribution < -0.4 is 10.4 Å². The van der Waals surface area contributed by atoms with E-state index in [1.807, 2.05) is 0 Å². The fraction of sp³-hybridized carbons (Fsp3) is 0.417. The number of pyridine rings is 1. The Bertz CT molecular complexity index is 1310. The maximum absolute atomic E-state index is 14.0. The summed E-state index contributed by atoms with van der Waals surface area (Å²) in [7, 11) is 1.72. The van der Waals surface area contributed by atoms with Crippen LogP contribution in [0.5, 0.6) is 5.75 Å². The molecule has 1 aliphatic carbocycles. The summed E-state index contributed by atoms with van der Waals surface area (Å²) in [6.07, 6.45) is 2.52. The van der Waals surface area contributed by atoms with Gasteiger partial charge in [0.2, 0.25) is 5.43 Å². The Morgan fingerprint density at radius 3 is 2.50 bits per heavy atom. The van der Waals surface area contributed by atoms with Crippen LogP contribution in [0.15, 0.2) is 29.2 Å². The van der Waals surface area contributed by atoms with E-state index in [1.54, 1.807) is 23.9 Å². The number of aliphatic hydroxyl groups excluding tert-OH is 1. The summed E-state index contributed by atoms with van der Waals surface area (Å²) in [4.78, 5) is 28.0. The van der Waals surface area contributed by atoms with E-state index in [0.717, 1.165) is 6.07 Å². The molecule has 1 spiro atoms. The summed E-state index contributed by atoms with van der Waals surface area (Å²) in [5.74, 6) is -2.88. The molecule has 2 aliphatic rings. The molecule has 192 valence electrons. The molecule has 1 saturated carbocycles. The zero-order valence-electron chi connectivity index (χ0n) is 19.8. The minimum Gasteiger partial charge on any atom is -0.502 e. The predicted octanol–water partition coefficient (Wildman–Crippen LogP) is 2.79. The Hall–Kier alpha value is -3.25. The molecule has 9 nitrogen and oxygen atoms in total. The first-order chi connectivity index (χ1) is 17.0. The quantitative estimate of drug-likeness (QED) is 0.363. The van der Waals surface area contributed by atoms with Gasteiger partial charge >= 0.3 is 0 Å². The van der Waals surface area contributed by atoms with Crippen molar-refractivity contribution in [3.05, 3.63) is 63.1 Å². The van der Waals surface area contributed by atoms with Crippen LogP contribution in [0.25, 0.3) is 0 Å². The Kier molecular flexibility index (Phi) is 6.93. The highest BCUT2D eigenvalue weighted by atomic mass is 32.2. The highest BCUT2D eigenvalue weighted by Gasteiger charge is 2.50. The lowest BCUT2D eigenvalue weighted by Gasteiger charge is -2.56. The molecule has 12 heteroatoms. The molecule has 36 heavy (non-hydrogen) atoms. The average Bonchev–Trinajstić information content (AvgIpc) is 2.83. The van der Waals surface area contributed by atoms with Gasteiger partial charge in [0.15, 0.2) is 11.4 Å². The summed E-state index contributed by atoms with van der Waals surface area (Å²) in [5.41, 5.74) is -2.07. The predicted molar refractivity (Wildman–Crippen MR) is 133 cm³/mol. The third-order valence-corrected chi connectivity index (χ3v) is 7.76. The zero-order valence-corrected chi connectivity index (χ0v) is 20.7. The monoisotopic (exact) mass is 519 g/mol. The first kappa shape index (κ1) is 25.8. The van der Waals surface area contributed by atoms with Crippen LogP contribution in [-0.2, 0) is 6.42 Å². The van der Waals surface area contributed by atoms with Crippen LogP contribution in [-0.4, -0.2) is 61.1 Å². The Morgan fingerprint density at radius 2 is 1.89 bits per heavy atom. The normalized spacial score (nSPS) is 21.6. The van der Waals surface area contributed by atoms with Crippen molar-refractivity contribution in [1.82, 2.24) is 9.58 Å². The number of rotatable bonds is 4. The minimum atomic E-state index is -0.924. The Labute approximate surface area is 210 Å². The lowest BCUT2D eigenvalue weighted by molar-refractivity contribution is -0.00907. The molecule has 1 aliphatic heterocycles. The lowest BCUT2D eigenvalue weighted by atomic mass is 9.84. The first-order valence-corrected chi connectivity index (χ1v) is 12.3. The molecule has 4 N–H and O–H groups in total. The van der Waals surface area contributed by atoms with Crippen molar-refractivity contribution in [1.29, 1.82) is 10.8 Å². The second kappa shape index (κ2) is 9.66. The van der Waals surface area contributed by atoms with E-state index in [2.05, 4.69) is 0 Å². The fourth-order valence-corrected chi connectivity index (χ4v) is 5.76. The molecule has 2 aromatic rings. The maximum atomic E-state index is 14.0. The van der Waals surface area contributed by atoms with E-state index in [4.69, 9.17) is 10.8 Å². The number of hydrogen-bond acceptors (Lipinski definition) is 8. The standard InChI is InChI=1S/C24H27F2N5O4S/c1-3-30-23(35)19-21(34)20(33)16(12-31(19)29(2)24(30)8-6-15(32)7-9-24)22(28)36-18(27)10-13-4-5-14(25)11-17(13)26/h4-5,11-12,15,27-28,32,34H,3,6-10H2,1-2H3. The number of aromatic hydroxyl groups is 1. The third kappa shape index (κ3) is 4.28. The smallest absolute Gasteiger partial charge is 0.278 e. The van der Waals surface area contributed by atoms with E-state index in [-0.39, 0.29) is 33.3 Å². The van der Waals surface area contributed by atoms with Gasteiger partial charge in [0.25, 0.3) is 5.91 Å². The van der Waals surface area contributed by atoms with Gasteiger partial charge in [0.1, 0.15) is 22.3 Å². The number of aliphatic hydroxyl groups is 1. The summed E-state index contributed by atoms with van der Waals surface area (Å²) in [6.45, 7) is 2.14. The first-order valence-electron chi connectivity index (χ1n) is 11.5. The maximum Gasteiger partial charge on any atom is 0.278 e. The van der Waals surface area contributed by atoms with Crippen LogP contribution >= 0.6 is 11.8 Å². The van der Waals surface area contributed by atoms with Crippen molar-refractivity contribution >= 4 is 27.8 Å². The second-order valence-corrected chi connectivity index (χ2v) is 10.1.